The fourth-order valence-corrected chi connectivity index (χ4v) is 4.07. The van der Waals surface area contributed by atoms with Gasteiger partial charge in [0.25, 0.3) is 0 Å². The molecule has 0 unspecified atom stereocenters. The van der Waals surface area contributed by atoms with Crippen molar-refractivity contribution in [2.24, 2.45) is 4.99 Å². The minimum absolute atomic E-state index is 0.147. The minimum atomic E-state index is -0.147. The van der Waals surface area contributed by atoms with E-state index in [1.165, 1.54) is 11.3 Å². The highest BCUT2D eigenvalue weighted by molar-refractivity contribution is 7.07. The molecule has 0 spiro atoms. The van der Waals surface area contributed by atoms with Crippen LogP contribution >= 0.6 is 22.9 Å². The van der Waals surface area contributed by atoms with E-state index in [9.17, 15) is 4.79 Å². The Morgan fingerprint density at radius 2 is 1.77 bits per heavy atom. The van der Waals surface area contributed by atoms with E-state index in [0.29, 0.717) is 4.80 Å². The molecule has 6 heteroatoms. The van der Waals surface area contributed by atoms with Crippen molar-refractivity contribution in [2.45, 2.75) is 12.8 Å². The zero-order chi connectivity index (χ0) is 17.9. The Labute approximate surface area is 161 Å². The molecule has 3 aromatic rings. The van der Waals surface area contributed by atoms with Gasteiger partial charge in [-0.3, -0.25) is 4.57 Å². The number of aromatic nitrogens is 1. The Kier molecular flexibility index (Phi) is 4.91. The molecule has 1 saturated heterocycles. The van der Waals surface area contributed by atoms with Gasteiger partial charge in [0.15, 0.2) is 4.80 Å². The molecule has 0 saturated carbocycles. The van der Waals surface area contributed by atoms with Gasteiger partial charge in [-0.05, 0) is 36.6 Å². The molecular formula is C20H18ClN3OS. The van der Waals surface area contributed by atoms with Crippen LogP contribution in [0.5, 0.6) is 0 Å². The fourth-order valence-electron chi connectivity index (χ4n) is 3.11. The molecule has 0 aliphatic carbocycles. The van der Waals surface area contributed by atoms with Crippen molar-refractivity contribution < 1.29 is 4.79 Å². The molecule has 2 heterocycles. The maximum Gasteiger partial charge on any atom is 0.346 e. The summed E-state index contributed by atoms with van der Waals surface area (Å²) in [7, 11) is 0. The van der Waals surface area contributed by atoms with Gasteiger partial charge in [0.1, 0.15) is 0 Å². The second-order valence-corrected chi connectivity index (χ2v) is 7.45. The van der Waals surface area contributed by atoms with Crippen molar-refractivity contribution in [2.75, 3.05) is 13.1 Å². The molecule has 1 aliphatic heterocycles. The monoisotopic (exact) mass is 383 g/mol. The van der Waals surface area contributed by atoms with E-state index >= 15 is 0 Å². The third-order valence-corrected chi connectivity index (χ3v) is 5.57. The van der Waals surface area contributed by atoms with E-state index in [4.69, 9.17) is 11.6 Å². The third kappa shape index (κ3) is 3.45. The van der Waals surface area contributed by atoms with Crippen molar-refractivity contribution in [3.63, 3.8) is 0 Å². The van der Waals surface area contributed by atoms with E-state index in [-0.39, 0.29) is 6.03 Å². The number of nitrogens with zero attached hydrogens (tertiary/aromatic N) is 3. The van der Waals surface area contributed by atoms with Gasteiger partial charge in [0.2, 0.25) is 0 Å². The van der Waals surface area contributed by atoms with Gasteiger partial charge in [0.05, 0.1) is 0 Å². The number of amides is 2. The molecule has 132 valence electrons. The number of hydrogen-bond donors (Lipinski definition) is 0. The predicted molar refractivity (Wildman–Crippen MR) is 106 cm³/mol. The van der Waals surface area contributed by atoms with Crippen molar-refractivity contribution in [1.29, 1.82) is 0 Å². The molecule has 2 amide bonds. The molecule has 1 fully saturated rings. The SMILES string of the molecule is O=C(N=c1sccn1-c1ccc(-c2ccccc2Cl)cc1)N1CCCC1. The Morgan fingerprint density at radius 1 is 1.04 bits per heavy atom. The summed E-state index contributed by atoms with van der Waals surface area (Å²) in [6.07, 6.45) is 4.07. The summed E-state index contributed by atoms with van der Waals surface area (Å²) >= 11 is 7.74. The molecule has 4 rings (SSSR count). The fraction of sp³-hybridized carbons (Fsp3) is 0.200. The van der Waals surface area contributed by atoms with Crippen LogP contribution in [0.25, 0.3) is 16.8 Å². The highest BCUT2D eigenvalue weighted by Gasteiger charge is 2.17. The van der Waals surface area contributed by atoms with Gasteiger partial charge in [-0.2, -0.15) is 4.99 Å². The second-order valence-electron chi connectivity index (χ2n) is 6.17. The van der Waals surface area contributed by atoms with Crippen LogP contribution in [0.2, 0.25) is 5.02 Å². The number of hydrogen-bond acceptors (Lipinski definition) is 2. The number of carbonyl (C=O) groups is 1. The maximum absolute atomic E-state index is 12.3. The van der Waals surface area contributed by atoms with E-state index in [1.54, 1.807) is 0 Å². The molecule has 26 heavy (non-hydrogen) atoms. The van der Waals surface area contributed by atoms with Gasteiger partial charge in [0, 0.05) is 40.9 Å². The quantitative estimate of drug-likeness (QED) is 0.615. The molecule has 1 aliphatic rings. The third-order valence-electron chi connectivity index (χ3n) is 4.49. The van der Waals surface area contributed by atoms with Crippen LogP contribution in [0.1, 0.15) is 12.8 Å². The summed E-state index contributed by atoms with van der Waals surface area (Å²) in [5, 5.41) is 2.67. The molecule has 0 radical (unpaired) electrons. The summed E-state index contributed by atoms with van der Waals surface area (Å²) in [6, 6.07) is 15.8. The van der Waals surface area contributed by atoms with Crippen molar-refractivity contribution in [3.8, 4) is 16.8 Å². The maximum atomic E-state index is 12.3. The normalized spacial score (nSPS) is 14.8. The van der Waals surface area contributed by atoms with Crippen molar-refractivity contribution >= 4 is 29.0 Å². The predicted octanol–water partition coefficient (Wildman–Crippen LogP) is 4.98. The Hall–Kier alpha value is -2.37. The first-order valence-electron chi connectivity index (χ1n) is 8.57. The number of benzene rings is 2. The first-order valence-corrected chi connectivity index (χ1v) is 9.83. The lowest BCUT2D eigenvalue weighted by Crippen LogP contribution is -2.27. The summed E-state index contributed by atoms with van der Waals surface area (Å²) in [5.74, 6) is 0. The summed E-state index contributed by atoms with van der Waals surface area (Å²) in [4.78, 5) is 19.1. The number of urea groups is 1. The van der Waals surface area contributed by atoms with Gasteiger partial charge in [-0.15, -0.1) is 11.3 Å². The van der Waals surface area contributed by atoms with E-state index in [2.05, 4.69) is 4.99 Å². The zero-order valence-corrected chi connectivity index (χ0v) is 15.7. The Balaban J connectivity index is 1.64. The number of rotatable bonds is 2. The van der Waals surface area contributed by atoms with Gasteiger partial charge in [-0.25, -0.2) is 4.79 Å². The number of halogens is 1. The standard InChI is InChI=1S/C20H18ClN3OS/c21-18-6-2-1-5-17(18)15-7-9-16(10-8-15)24-13-14-26-20(24)22-19(25)23-11-3-4-12-23/h1-2,5-10,13-14H,3-4,11-12H2. The van der Waals surface area contributed by atoms with Crippen LogP contribution in [0.4, 0.5) is 4.79 Å². The Morgan fingerprint density at radius 3 is 2.50 bits per heavy atom. The average Bonchev–Trinajstić information content (AvgIpc) is 3.34. The van der Waals surface area contributed by atoms with Crippen molar-refractivity contribution in [1.82, 2.24) is 9.47 Å². The van der Waals surface area contributed by atoms with Crippen LogP contribution in [0.15, 0.2) is 65.1 Å². The first kappa shape index (κ1) is 17.1. The van der Waals surface area contributed by atoms with Gasteiger partial charge < -0.3 is 4.90 Å². The van der Waals surface area contributed by atoms with Crippen LogP contribution < -0.4 is 4.80 Å². The van der Waals surface area contributed by atoms with Gasteiger partial charge in [-0.1, -0.05) is 41.9 Å². The molecule has 0 atom stereocenters. The molecule has 0 bridgehead atoms. The molecular weight excluding hydrogens is 366 g/mol. The zero-order valence-electron chi connectivity index (χ0n) is 14.1. The van der Waals surface area contributed by atoms with E-state index < -0.39 is 0 Å². The highest BCUT2D eigenvalue weighted by Crippen LogP contribution is 2.28. The van der Waals surface area contributed by atoms with E-state index in [1.807, 2.05) is 69.6 Å². The summed E-state index contributed by atoms with van der Waals surface area (Å²) in [5.41, 5.74) is 3.03. The van der Waals surface area contributed by atoms with Crippen LogP contribution in [-0.4, -0.2) is 28.6 Å². The van der Waals surface area contributed by atoms with Crippen LogP contribution in [0, 0.1) is 0 Å². The molecule has 4 nitrogen and oxygen atoms in total. The lowest BCUT2D eigenvalue weighted by atomic mass is 10.1. The topological polar surface area (TPSA) is 37.6 Å². The smallest absolute Gasteiger partial charge is 0.323 e. The number of thiazole rings is 1. The lowest BCUT2D eigenvalue weighted by molar-refractivity contribution is 0.218. The van der Waals surface area contributed by atoms with E-state index in [0.717, 1.165) is 47.8 Å². The van der Waals surface area contributed by atoms with Crippen molar-refractivity contribution in [3.05, 3.63) is 69.9 Å². The van der Waals surface area contributed by atoms with Crippen LogP contribution in [-0.2, 0) is 0 Å². The minimum Gasteiger partial charge on any atom is -0.323 e. The lowest BCUT2D eigenvalue weighted by Gasteiger charge is -2.11. The number of likely N-dealkylation sites (tertiary alicyclic amines) is 1. The van der Waals surface area contributed by atoms with Crippen LogP contribution in [0.3, 0.4) is 0 Å². The first-order chi connectivity index (χ1) is 12.7. The molecule has 0 N–H and O–H groups in total. The summed E-state index contributed by atoms with van der Waals surface area (Å²) < 4.78 is 1.94. The average molecular weight is 384 g/mol. The highest BCUT2D eigenvalue weighted by atomic mass is 35.5. The van der Waals surface area contributed by atoms with Gasteiger partial charge >= 0.3 is 6.03 Å². The number of carbonyl (C=O) groups excluding carboxylic acids is 1. The molecule has 2 aromatic carbocycles. The molecule has 1 aromatic heterocycles. The summed E-state index contributed by atoms with van der Waals surface area (Å²) in [6.45, 7) is 1.61. The Bertz CT molecular complexity index is 985. The second kappa shape index (κ2) is 7.48. The largest absolute Gasteiger partial charge is 0.346 e.